The summed E-state index contributed by atoms with van der Waals surface area (Å²) in [6.07, 6.45) is 1.74. The number of benzene rings is 2. The van der Waals surface area contributed by atoms with Crippen LogP contribution in [0.25, 0.3) is 0 Å². The first-order valence-electron chi connectivity index (χ1n) is 8.90. The Labute approximate surface area is 162 Å². The van der Waals surface area contributed by atoms with Crippen molar-refractivity contribution in [3.63, 3.8) is 0 Å². The van der Waals surface area contributed by atoms with Gasteiger partial charge in [-0.3, -0.25) is 4.79 Å². The molecule has 2 aromatic rings. The lowest BCUT2D eigenvalue weighted by molar-refractivity contribution is -0.117. The highest BCUT2D eigenvalue weighted by Crippen LogP contribution is 2.29. The number of hydrogen-bond acceptors (Lipinski definition) is 4. The predicted octanol–water partition coefficient (Wildman–Crippen LogP) is 2.87. The van der Waals surface area contributed by atoms with Crippen LogP contribution in [-0.2, 0) is 14.8 Å². The highest BCUT2D eigenvalue weighted by molar-refractivity contribution is 7.89. The molecule has 2 N–H and O–H groups in total. The largest absolute Gasteiger partial charge is 0.367 e. The van der Waals surface area contributed by atoms with Crippen molar-refractivity contribution in [2.24, 2.45) is 0 Å². The smallest absolute Gasteiger partial charge is 0.242 e. The third-order valence-electron chi connectivity index (χ3n) is 4.49. The molecule has 0 bridgehead atoms. The highest BCUT2D eigenvalue weighted by Gasteiger charge is 2.24. The molecule has 28 heavy (non-hydrogen) atoms. The number of hydrogen-bond donors (Lipinski definition) is 2. The summed E-state index contributed by atoms with van der Waals surface area (Å²) in [7, 11) is -3.90. The molecule has 1 fully saturated rings. The van der Waals surface area contributed by atoms with E-state index >= 15 is 0 Å². The minimum Gasteiger partial charge on any atom is -0.367 e. The van der Waals surface area contributed by atoms with Gasteiger partial charge in [0.1, 0.15) is 5.69 Å². The molecule has 3 rings (SSSR count). The van der Waals surface area contributed by atoms with Crippen molar-refractivity contribution in [1.82, 2.24) is 4.72 Å². The number of carbonyl (C=O) groups excluding carboxylic acids is 1. The molecule has 9 heteroatoms. The van der Waals surface area contributed by atoms with E-state index in [1.165, 1.54) is 19.1 Å². The van der Waals surface area contributed by atoms with Crippen LogP contribution in [0.5, 0.6) is 0 Å². The molecule has 0 spiro atoms. The summed E-state index contributed by atoms with van der Waals surface area (Å²) in [4.78, 5) is 13.9. The molecule has 0 saturated carbocycles. The van der Waals surface area contributed by atoms with Crippen molar-refractivity contribution in [1.29, 1.82) is 0 Å². The van der Waals surface area contributed by atoms with Gasteiger partial charge in [-0.2, -0.15) is 4.72 Å². The third-order valence-corrected chi connectivity index (χ3v) is 6.04. The summed E-state index contributed by atoms with van der Waals surface area (Å²) in [6.45, 7) is 2.51. The first-order chi connectivity index (χ1) is 13.3. The standard InChI is InChI=1S/C19H21F2N3O3S/c1-13(23-28(26,27)15-7-3-2-4-8-15)19(25)22-14-11-16(20)18(17(21)12-14)24-9-5-6-10-24/h2-4,7-8,11-13,23H,5-6,9-10H2,1H3,(H,22,25)/t13-/m0/s1. The Kier molecular flexibility index (Phi) is 5.95. The number of nitrogens with one attached hydrogen (secondary N) is 2. The molecule has 1 heterocycles. The van der Waals surface area contributed by atoms with Crippen LogP contribution < -0.4 is 14.9 Å². The van der Waals surface area contributed by atoms with Gasteiger partial charge >= 0.3 is 0 Å². The Morgan fingerprint density at radius 3 is 2.21 bits per heavy atom. The van der Waals surface area contributed by atoms with Gasteiger partial charge in [-0.15, -0.1) is 0 Å². The van der Waals surface area contributed by atoms with Gasteiger partial charge in [-0.1, -0.05) is 18.2 Å². The Balaban J connectivity index is 1.70. The minimum absolute atomic E-state index is 0.0155. The van der Waals surface area contributed by atoms with E-state index in [0.717, 1.165) is 25.0 Å². The van der Waals surface area contributed by atoms with Gasteiger partial charge in [0.2, 0.25) is 15.9 Å². The molecular formula is C19H21F2N3O3S. The summed E-state index contributed by atoms with van der Waals surface area (Å²) < 4.78 is 55.5. The first kappa shape index (κ1) is 20.2. The predicted molar refractivity (Wildman–Crippen MR) is 103 cm³/mol. The molecule has 1 aliphatic rings. The van der Waals surface area contributed by atoms with Gasteiger partial charge in [0.15, 0.2) is 11.6 Å². The zero-order valence-corrected chi connectivity index (χ0v) is 16.1. The van der Waals surface area contributed by atoms with Gasteiger partial charge in [0.25, 0.3) is 0 Å². The second-order valence-electron chi connectivity index (χ2n) is 6.63. The summed E-state index contributed by atoms with van der Waals surface area (Å²) in [5.41, 5.74) is -0.179. The van der Waals surface area contributed by atoms with E-state index in [9.17, 15) is 22.0 Å². The zero-order chi connectivity index (χ0) is 20.3. The molecule has 1 atom stereocenters. The number of carbonyl (C=O) groups is 1. The molecule has 150 valence electrons. The number of anilines is 2. The topological polar surface area (TPSA) is 78.5 Å². The van der Waals surface area contributed by atoms with Gasteiger partial charge in [-0.25, -0.2) is 17.2 Å². The number of sulfonamides is 1. The van der Waals surface area contributed by atoms with Crippen LogP contribution in [0.2, 0.25) is 0 Å². The lowest BCUT2D eigenvalue weighted by Crippen LogP contribution is -2.41. The van der Waals surface area contributed by atoms with Crippen LogP contribution in [0.15, 0.2) is 47.4 Å². The molecule has 1 amide bonds. The SMILES string of the molecule is C[C@H](NS(=O)(=O)c1ccccc1)C(=O)Nc1cc(F)c(N2CCCC2)c(F)c1. The minimum atomic E-state index is -3.90. The first-order valence-corrected chi connectivity index (χ1v) is 10.4. The van der Waals surface area contributed by atoms with Gasteiger partial charge in [-0.05, 0) is 44.0 Å². The van der Waals surface area contributed by atoms with E-state index in [4.69, 9.17) is 0 Å². The van der Waals surface area contributed by atoms with E-state index in [2.05, 4.69) is 10.0 Å². The van der Waals surface area contributed by atoms with E-state index in [-0.39, 0.29) is 16.3 Å². The molecule has 1 aliphatic heterocycles. The molecule has 0 radical (unpaired) electrons. The van der Waals surface area contributed by atoms with Crippen molar-refractivity contribution < 1.29 is 22.0 Å². The Hall–Kier alpha value is -2.52. The average molecular weight is 409 g/mol. The van der Waals surface area contributed by atoms with Crippen LogP contribution in [0.1, 0.15) is 19.8 Å². The fourth-order valence-electron chi connectivity index (χ4n) is 3.08. The van der Waals surface area contributed by atoms with E-state index in [1.54, 1.807) is 23.1 Å². The molecule has 0 aliphatic carbocycles. The Morgan fingerprint density at radius 2 is 1.64 bits per heavy atom. The number of amides is 1. The summed E-state index contributed by atoms with van der Waals surface area (Å²) in [5, 5.41) is 2.35. The lowest BCUT2D eigenvalue weighted by Gasteiger charge is -2.20. The second kappa shape index (κ2) is 8.24. The normalized spacial score (nSPS) is 15.5. The highest BCUT2D eigenvalue weighted by atomic mass is 32.2. The monoisotopic (exact) mass is 409 g/mol. The Bertz CT molecular complexity index is 939. The Morgan fingerprint density at radius 1 is 1.07 bits per heavy atom. The van der Waals surface area contributed by atoms with Gasteiger partial charge < -0.3 is 10.2 Å². The zero-order valence-electron chi connectivity index (χ0n) is 15.3. The fraction of sp³-hybridized carbons (Fsp3) is 0.316. The fourth-order valence-corrected chi connectivity index (χ4v) is 4.31. The second-order valence-corrected chi connectivity index (χ2v) is 8.34. The van der Waals surface area contributed by atoms with Gasteiger partial charge in [0, 0.05) is 18.8 Å². The van der Waals surface area contributed by atoms with Crippen LogP contribution in [0.3, 0.4) is 0 Å². The van der Waals surface area contributed by atoms with Crippen molar-refractivity contribution in [3.8, 4) is 0 Å². The summed E-state index contributed by atoms with van der Waals surface area (Å²) in [6, 6.07) is 8.52. The van der Waals surface area contributed by atoms with Crippen molar-refractivity contribution in [2.45, 2.75) is 30.7 Å². The third kappa shape index (κ3) is 4.48. The molecular weight excluding hydrogens is 388 g/mol. The molecule has 2 aromatic carbocycles. The van der Waals surface area contributed by atoms with E-state index in [0.29, 0.717) is 13.1 Å². The molecule has 6 nitrogen and oxygen atoms in total. The maximum Gasteiger partial charge on any atom is 0.242 e. The maximum atomic E-state index is 14.4. The van der Waals surface area contributed by atoms with Crippen LogP contribution in [0.4, 0.5) is 20.2 Å². The summed E-state index contributed by atoms with van der Waals surface area (Å²) >= 11 is 0. The molecule has 0 unspecified atom stereocenters. The van der Waals surface area contributed by atoms with Crippen LogP contribution >= 0.6 is 0 Å². The van der Waals surface area contributed by atoms with Crippen LogP contribution in [-0.4, -0.2) is 33.5 Å². The molecule has 0 aromatic heterocycles. The van der Waals surface area contributed by atoms with Crippen LogP contribution in [0, 0.1) is 11.6 Å². The van der Waals surface area contributed by atoms with E-state index in [1.807, 2.05) is 0 Å². The number of rotatable bonds is 6. The number of halogens is 2. The van der Waals surface area contributed by atoms with Crippen molar-refractivity contribution in [3.05, 3.63) is 54.1 Å². The molecule has 1 saturated heterocycles. The van der Waals surface area contributed by atoms with E-state index < -0.39 is 33.6 Å². The summed E-state index contributed by atoms with van der Waals surface area (Å²) in [5.74, 6) is -2.27. The average Bonchev–Trinajstić information content (AvgIpc) is 3.15. The van der Waals surface area contributed by atoms with Crippen molar-refractivity contribution >= 4 is 27.3 Å². The van der Waals surface area contributed by atoms with Gasteiger partial charge in [0.05, 0.1) is 10.9 Å². The van der Waals surface area contributed by atoms with Crippen molar-refractivity contribution in [2.75, 3.05) is 23.3 Å². The lowest BCUT2D eigenvalue weighted by atomic mass is 10.2. The number of nitrogens with zero attached hydrogens (tertiary/aromatic N) is 1. The quantitative estimate of drug-likeness (QED) is 0.769. The maximum absolute atomic E-state index is 14.4.